The van der Waals surface area contributed by atoms with Crippen molar-refractivity contribution in [2.24, 2.45) is 0 Å². The van der Waals surface area contributed by atoms with E-state index in [-0.39, 0.29) is 11.6 Å². The maximum atomic E-state index is 13.7. The van der Waals surface area contributed by atoms with Gasteiger partial charge in [-0.05, 0) is 30.7 Å². The highest BCUT2D eigenvalue weighted by atomic mass is 19.1. The lowest BCUT2D eigenvalue weighted by molar-refractivity contribution is 0.101. The van der Waals surface area contributed by atoms with E-state index < -0.39 is 0 Å². The van der Waals surface area contributed by atoms with Gasteiger partial charge in [0.25, 0.3) is 0 Å². The van der Waals surface area contributed by atoms with E-state index in [2.05, 4.69) is 0 Å². The van der Waals surface area contributed by atoms with Crippen molar-refractivity contribution < 1.29 is 13.9 Å². The number of Topliss-reactive ketones (excluding diaryl/α,β-unsaturated/α-hetero) is 1. The zero-order chi connectivity index (χ0) is 13.1. The molecule has 3 heteroatoms. The number of benzene rings is 2. The number of carbonyl (C=O) groups is 1. The fraction of sp³-hybridized carbons (Fsp3) is 0.133. The summed E-state index contributed by atoms with van der Waals surface area (Å²) >= 11 is 0. The van der Waals surface area contributed by atoms with Gasteiger partial charge in [0, 0.05) is 11.1 Å². The third kappa shape index (κ3) is 2.40. The van der Waals surface area contributed by atoms with Crippen molar-refractivity contribution in [3.63, 3.8) is 0 Å². The number of ether oxygens (including phenoxy) is 1. The van der Waals surface area contributed by atoms with Crippen LogP contribution in [0.1, 0.15) is 17.3 Å². The van der Waals surface area contributed by atoms with Crippen LogP contribution in [0.25, 0.3) is 11.1 Å². The van der Waals surface area contributed by atoms with E-state index in [1.54, 1.807) is 36.4 Å². The Kier molecular flexibility index (Phi) is 3.42. The molecule has 0 aliphatic rings. The van der Waals surface area contributed by atoms with Crippen molar-refractivity contribution in [2.75, 3.05) is 7.11 Å². The smallest absolute Gasteiger partial charge is 0.159 e. The lowest BCUT2D eigenvalue weighted by Crippen LogP contribution is -1.92. The first-order valence-corrected chi connectivity index (χ1v) is 5.56. The third-order valence-corrected chi connectivity index (χ3v) is 2.78. The average molecular weight is 244 g/mol. The molecule has 0 bridgehead atoms. The van der Waals surface area contributed by atoms with E-state index in [0.717, 1.165) is 5.56 Å². The molecule has 2 rings (SSSR count). The molecule has 0 N–H and O–H groups in total. The highest BCUT2D eigenvalue weighted by Crippen LogP contribution is 2.27. The van der Waals surface area contributed by atoms with Gasteiger partial charge in [-0.25, -0.2) is 4.39 Å². The number of methoxy groups -OCH3 is 1. The molecule has 0 saturated heterocycles. The quantitative estimate of drug-likeness (QED) is 0.769. The van der Waals surface area contributed by atoms with Gasteiger partial charge in [-0.3, -0.25) is 4.79 Å². The van der Waals surface area contributed by atoms with Crippen molar-refractivity contribution in [1.29, 1.82) is 0 Å². The van der Waals surface area contributed by atoms with Crippen molar-refractivity contribution in [2.45, 2.75) is 6.92 Å². The van der Waals surface area contributed by atoms with Gasteiger partial charge in [0.05, 0.1) is 7.11 Å². The van der Waals surface area contributed by atoms with Crippen LogP contribution in [-0.2, 0) is 0 Å². The molecule has 0 radical (unpaired) electrons. The Balaban J connectivity index is 2.44. The minimum absolute atomic E-state index is 0.00679. The van der Waals surface area contributed by atoms with Gasteiger partial charge in [0.15, 0.2) is 5.78 Å². The van der Waals surface area contributed by atoms with Gasteiger partial charge in [-0.2, -0.15) is 0 Å². The Labute approximate surface area is 105 Å². The molecule has 0 atom stereocenters. The van der Waals surface area contributed by atoms with E-state index in [9.17, 15) is 9.18 Å². The Morgan fingerprint density at radius 2 is 1.78 bits per heavy atom. The predicted octanol–water partition coefficient (Wildman–Crippen LogP) is 3.70. The van der Waals surface area contributed by atoms with Gasteiger partial charge in [-0.1, -0.05) is 24.3 Å². The fourth-order valence-corrected chi connectivity index (χ4v) is 1.74. The Morgan fingerprint density at radius 3 is 2.33 bits per heavy atom. The SMILES string of the molecule is COc1ccc(F)c(-c2ccc(C(C)=O)cc2)c1. The Hall–Kier alpha value is -2.16. The molecule has 2 nitrogen and oxygen atoms in total. The van der Waals surface area contributed by atoms with Gasteiger partial charge < -0.3 is 4.74 Å². The molecule has 2 aromatic carbocycles. The second-order valence-electron chi connectivity index (χ2n) is 3.98. The number of rotatable bonds is 3. The summed E-state index contributed by atoms with van der Waals surface area (Å²) in [5, 5.41) is 0. The molecule has 0 spiro atoms. The van der Waals surface area contributed by atoms with Crippen molar-refractivity contribution in [1.82, 2.24) is 0 Å². The van der Waals surface area contributed by atoms with Crippen molar-refractivity contribution >= 4 is 5.78 Å². The molecule has 0 unspecified atom stereocenters. The number of halogens is 1. The molecule has 92 valence electrons. The summed E-state index contributed by atoms with van der Waals surface area (Å²) in [6.07, 6.45) is 0. The average Bonchev–Trinajstić information content (AvgIpc) is 2.39. The van der Waals surface area contributed by atoms with Crippen LogP contribution < -0.4 is 4.74 Å². The topological polar surface area (TPSA) is 26.3 Å². The zero-order valence-corrected chi connectivity index (χ0v) is 10.2. The number of hydrogen-bond acceptors (Lipinski definition) is 2. The second-order valence-corrected chi connectivity index (χ2v) is 3.98. The summed E-state index contributed by atoms with van der Waals surface area (Å²) in [5.74, 6) is 0.279. The minimum Gasteiger partial charge on any atom is -0.497 e. The van der Waals surface area contributed by atoms with E-state index in [1.165, 1.54) is 20.1 Å². The van der Waals surface area contributed by atoms with Crippen LogP contribution in [0.2, 0.25) is 0 Å². The van der Waals surface area contributed by atoms with Gasteiger partial charge in [0.1, 0.15) is 11.6 Å². The third-order valence-electron chi connectivity index (χ3n) is 2.78. The van der Waals surface area contributed by atoms with Crippen LogP contribution in [-0.4, -0.2) is 12.9 Å². The largest absolute Gasteiger partial charge is 0.497 e. The summed E-state index contributed by atoms with van der Waals surface area (Å²) in [7, 11) is 1.54. The van der Waals surface area contributed by atoms with Gasteiger partial charge in [0.2, 0.25) is 0 Å². The summed E-state index contributed by atoms with van der Waals surface area (Å²) < 4.78 is 18.8. The first-order valence-electron chi connectivity index (χ1n) is 5.56. The van der Waals surface area contributed by atoms with Gasteiger partial charge >= 0.3 is 0 Å². The summed E-state index contributed by atoms with van der Waals surface area (Å²) in [4.78, 5) is 11.2. The first kappa shape index (κ1) is 12.3. The monoisotopic (exact) mass is 244 g/mol. The minimum atomic E-state index is -0.314. The summed E-state index contributed by atoms with van der Waals surface area (Å²) in [5.41, 5.74) is 1.79. The lowest BCUT2D eigenvalue weighted by Gasteiger charge is -2.07. The normalized spacial score (nSPS) is 10.2. The van der Waals surface area contributed by atoms with Crippen molar-refractivity contribution in [3.05, 3.63) is 53.8 Å². The van der Waals surface area contributed by atoms with Crippen LogP contribution in [0.3, 0.4) is 0 Å². The fourth-order valence-electron chi connectivity index (χ4n) is 1.74. The number of hydrogen-bond donors (Lipinski definition) is 0. The molecular weight excluding hydrogens is 231 g/mol. The van der Waals surface area contributed by atoms with E-state index in [4.69, 9.17) is 4.74 Å². The second kappa shape index (κ2) is 5.00. The maximum Gasteiger partial charge on any atom is 0.159 e. The standard InChI is InChI=1S/C15H13FO2/c1-10(17)11-3-5-12(6-4-11)14-9-13(18-2)7-8-15(14)16/h3-9H,1-2H3. The molecule has 0 amide bonds. The van der Waals surface area contributed by atoms with Crippen molar-refractivity contribution in [3.8, 4) is 16.9 Å². The van der Waals surface area contributed by atoms with E-state index in [0.29, 0.717) is 16.9 Å². The van der Waals surface area contributed by atoms with E-state index in [1.807, 2.05) is 0 Å². The summed E-state index contributed by atoms with van der Waals surface area (Å²) in [6, 6.07) is 11.4. The highest BCUT2D eigenvalue weighted by molar-refractivity contribution is 5.94. The molecular formula is C15H13FO2. The van der Waals surface area contributed by atoms with Crippen LogP contribution in [0.15, 0.2) is 42.5 Å². The van der Waals surface area contributed by atoms with Crippen LogP contribution in [0.5, 0.6) is 5.75 Å². The van der Waals surface area contributed by atoms with Crippen LogP contribution in [0.4, 0.5) is 4.39 Å². The zero-order valence-electron chi connectivity index (χ0n) is 10.2. The maximum absolute atomic E-state index is 13.7. The number of ketones is 1. The van der Waals surface area contributed by atoms with Crippen LogP contribution >= 0.6 is 0 Å². The molecule has 0 fully saturated rings. The Morgan fingerprint density at radius 1 is 1.11 bits per heavy atom. The molecule has 0 aliphatic heterocycles. The molecule has 2 aromatic rings. The molecule has 0 aliphatic carbocycles. The molecule has 18 heavy (non-hydrogen) atoms. The summed E-state index contributed by atoms with van der Waals surface area (Å²) in [6.45, 7) is 1.50. The lowest BCUT2D eigenvalue weighted by atomic mass is 10.0. The molecule has 0 saturated carbocycles. The molecule has 0 heterocycles. The highest BCUT2D eigenvalue weighted by Gasteiger charge is 2.07. The molecule has 0 aromatic heterocycles. The van der Waals surface area contributed by atoms with Crippen LogP contribution in [0, 0.1) is 5.82 Å². The first-order chi connectivity index (χ1) is 8.61. The predicted molar refractivity (Wildman–Crippen MR) is 68.4 cm³/mol. The Bertz CT molecular complexity index is 574. The number of carbonyl (C=O) groups excluding carboxylic acids is 1. The van der Waals surface area contributed by atoms with Gasteiger partial charge in [-0.15, -0.1) is 0 Å². The van der Waals surface area contributed by atoms with E-state index >= 15 is 0 Å².